The third kappa shape index (κ3) is 11.3. The largest absolute Gasteiger partial charge is 0.480 e. The molecule has 3 unspecified atom stereocenters. The summed E-state index contributed by atoms with van der Waals surface area (Å²) in [4.78, 5) is 42.8. The molecule has 11 nitrogen and oxygen atoms in total. The molecule has 0 bridgehead atoms. The van der Waals surface area contributed by atoms with Gasteiger partial charge < -0.3 is 14.7 Å². The van der Waals surface area contributed by atoms with Gasteiger partial charge in [0, 0.05) is 18.1 Å². The van der Waals surface area contributed by atoms with E-state index >= 15 is 0 Å². The van der Waals surface area contributed by atoms with E-state index in [0.717, 1.165) is 5.56 Å². The molecule has 12 heteroatoms. The summed E-state index contributed by atoms with van der Waals surface area (Å²) >= 11 is 1.39. The van der Waals surface area contributed by atoms with Crippen LogP contribution in [-0.2, 0) is 30.4 Å². The summed E-state index contributed by atoms with van der Waals surface area (Å²) < 4.78 is 5.23. The van der Waals surface area contributed by atoms with Crippen LogP contribution in [0.3, 0.4) is 0 Å². The van der Waals surface area contributed by atoms with Gasteiger partial charge in [-0.15, -0.1) is 0 Å². The van der Waals surface area contributed by atoms with E-state index in [0.29, 0.717) is 24.3 Å². The minimum atomic E-state index is -1.04. The fourth-order valence-corrected chi connectivity index (χ4v) is 3.80. The normalized spacial score (nSPS) is 13.8. The van der Waals surface area contributed by atoms with E-state index < -0.39 is 30.1 Å². The van der Waals surface area contributed by atoms with Gasteiger partial charge in [-0.1, -0.05) is 30.3 Å². The summed E-state index contributed by atoms with van der Waals surface area (Å²) in [6.45, 7) is 5.34. The molecule has 1 amide bonds. The standard InChI is InChI=1S/C22H35N3O8S/c1-4-24(17(3)22(29)32-12-14-34-15-13-33-25(30)31)20(26)16(2)23-19(21(27)28)11-10-18-8-6-5-7-9-18/h5-9,16-17,19,23,30-31H,4,10-15H2,1-3H3,(H,27,28). The molecule has 4 N–H and O–H groups in total. The number of rotatable bonds is 17. The molecule has 0 saturated carbocycles. The molecule has 0 saturated heterocycles. The molecule has 0 radical (unpaired) electrons. The number of carbonyl (C=O) groups excluding carboxylic acids is 2. The Kier molecular flexibility index (Phi) is 14.4. The van der Waals surface area contributed by atoms with Gasteiger partial charge in [-0.05, 0) is 39.2 Å². The second-order valence-corrected chi connectivity index (χ2v) is 8.69. The number of ether oxygens (including phenoxy) is 1. The number of nitrogens with one attached hydrogen (secondary N) is 1. The van der Waals surface area contributed by atoms with Gasteiger partial charge in [-0.25, -0.2) is 9.63 Å². The summed E-state index contributed by atoms with van der Waals surface area (Å²) in [5, 5.41) is 28.9. The number of aliphatic carboxylic acids is 1. The van der Waals surface area contributed by atoms with Crippen LogP contribution in [0.15, 0.2) is 30.3 Å². The molecule has 0 aliphatic rings. The molecule has 0 aliphatic carbocycles. The molecule has 34 heavy (non-hydrogen) atoms. The van der Waals surface area contributed by atoms with Crippen molar-refractivity contribution in [2.24, 2.45) is 0 Å². The quantitative estimate of drug-likeness (QED) is 0.140. The smallest absolute Gasteiger partial charge is 0.328 e. The van der Waals surface area contributed by atoms with Gasteiger partial charge in [-0.3, -0.25) is 25.3 Å². The van der Waals surface area contributed by atoms with Crippen LogP contribution in [0.5, 0.6) is 0 Å². The van der Waals surface area contributed by atoms with E-state index in [1.807, 2.05) is 30.3 Å². The van der Waals surface area contributed by atoms with Gasteiger partial charge in [0.05, 0.1) is 18.0 Å². The number of nitrogens with zero attached hydrogens (tertiary/aromatic N) is 2. The maximum absolute atomic E-state index is 13.0. The first-order chi connectivity index (χ1) is 16.2. The number of esters is 1. The summed E-state index contributed by atoms with van der Waals surface area (Å²) in [7, 11) is 0. The number of benzene rings is 1. The van der Waals surface area contributed by atoms with Crippen LogP contribution < -0.4 is 5.32 Å². The number of hydrogen-bond donors (Lipinski definition) is 4. The van der Waals surface area contributed by atoms with Gasteiger partial charge in [0.2, 0.25) is 5.91 Å². The number of amides is 1. The number of thioether (sulfide) groups is 1. The zero-order chi connectivity index (χ0) is 25.5. The van der Waals surface area contributed by atoms with E-state index in [1.165, 1.54) is 16.7 Å². The Morgan fingerprint density at radius 1 is 1.09 bits per heavy atom. The Morgan fingerprint density at radius 2 is 1.74 bits per heavy atom. The molecule has 3 atom stereocenters. The first-order valence-corrected chi connectivity index (χ1v) is 12.2. The fourth-order valence-electron chi connectivity index (χ4n) is 3.21. The van der Waals surface area contributed by atoms with Crippen LogP contribution in [0.1, 0.15) is 32.8 Å². The van der Waals surface area contributed by atoms with E-state index in [9.17, 15) is 19.5 Å². The molecule has 0 aromatic heterocycles. The number of likely N-dealkylation sites (N-methyl/N-ethyl adjacent to an activating group) is 1. The van der Waals surface area contributed by atoms with E-state index in [1.54, 1.807) is 20.8 Å². The SMILES string of the molecule is CCN(C(=O)C(C)NC(CCc1ccccc1)C(=O)O)C(C)C(=O)OCCSCCON(O)O. The lowest BCUT2D eigenvalue weighted by molar-refractivity contribution is -0.490. The fraction of sp³-hybridized carbons (Fsp3) is 0.591. The number of aryl methyl sites for hydroxylation is 1. The van der Waals surface area contributed by atoms with Crippen LogP contribution in [0, 0.1) is 0 Å². The molecule has 192 valence electrons. The highest BCUT2D eigenvalue weighted by Crippen LogP contribution is 2.10. The lowest BCUT2D eigenvalue weighted by atomic mass is 10.0. The monoisotopic (exact) mass is 501 g/mol. The summed E-state index contributed by atoms with van der Waals surface area (Å²) in [5.41, 5.74) is 1.01. The van der Waals surface area contributed by atoms with Crippen molar-refractivity contribution in [2.75, 3.05) is 31.3 Å². The van der Waals surface area contributed by atoms with Gasteiger partial charge in [0.25, 0.3) is 0 Å². The number of carboxylic acid groups (broad SMARTS) is 1. The van der Waals surface area contributed by atoms with Crippen LogP contribution >= 0.6 is 11.8 Å². The average Bonchev–Trinajstić information content (AvgIpc) is 2.81. The van der Waals surface area contributed by atoms with Crippen LogP contribution in [0.2, 0.25) is 0 Å². The predicted molar refractivity (Wildman–Crippen MR) is 125 cm³/mol. The van der Waals surface area contributed by atoms with Crippen molar-refractivity contribution in [1.82, 2.24) is 15.6 Å². The summed E-state index contributed by atoms with van der Waals surface area (Å²) in [5.74, 6) is -1.06. The third-order valence-corrected chi connectivity index (χ3v) is 5.93. The van der Waals surface area contributed by atoms with Crippen molar-refractivity contribution in [3.63, 3.8) is 0 Å². The Balaban J connectivity index is 2.52. The Labute approximate surface area is 203 Å². The molecule has 0 aliphatic heterocycles. The zero-order valence-electron chi connectivity index (χ0n) is 19.8. The van der Waals surface area contributed by atoms with Crippen molar-refractivity contribution >= 4 is 29.6 Å². The number of hydrogen-bond acceptors (Lipinski definition) is 10. The first kappa shape index (κ1) is 29.8. The van der Waals surface area contributed by atoms with Gasteiger partial charge in [-0.2, -0.15) is 11.8 Å². The number of carboxylic acids is 1. The minimum Gasteiger partial charge on any atom is -0.480 e. The summed E-state index contributed by atoms with van der Waals surface area (Å²) in [6.07, 6.45) is 0.867. The number of carbonyl (C=O) groups is 3. The predicted octanol–water partition coefficient (Wildman–Crippen LogP) is 1.58. The average molecular weight is 502 g/mol. The van der Waals surface area contributed by atoms with Gasteiger partial charge >= 0.3 is 11.9 Å². The molecular formula is C22H35N3O8S. The maximum atomic E-state index is 13.0. The van der Waals surface area contributed by atoms with Gasteiger partial charge in [0.1, 0.15) is 18.7 Å². The molecule has 0 heterocycles. The topological polar surface area (TPSA) is 149 Å². The molecular weight excluding hydrogens is 466 g/mol. The van der Waals surface area contributed by atoms with Crippen molar-refractivity contribution in [1.29, 1.82) is 0 Å². The van der Waals surface area contributed by atoms with Crippen molar-refractivity contribution in [2.45, 2.75) is 51.7 Å². The van der Waals surface area contributed by atoms with E-state index in [4.69, 9.17) is 15.2 Å². The molecule has 1 aromatic rings. The van der Waals surface area contributed by atoms with Crippen LogP contribution in [-0.4, -0.2) is 93.0 Å². The zero-order valence-corrected chi connectivity index (χ0v) is 20.6. The lowest BCUT2D eigenvalue weighted by Crippen LogP contribution is -2.54. The van der Waals surface area contributed by atoms with Gasteiger partial charge in [0.15, 0.2) is 0 Å². The van der Waals surface area contributed by atoms with E-state index in [2.05, 4.69) is 10.2 Å². The van der Waals surface area contributed by atoms with E-state index in [-0.39, 0.29) is 31.1 Å². The Bertz CT molecular complexity index is 753. The highest BCUT2D eigenvalue weighted by Gasteiger charge is 2.31. The second kappa shape index (κ2) is 16.4. The highest BCUT2D eigenvalue weighted by molar-refractivity contribution is 7.99. The minimum absolute atomic E-state index is 0.0771. The van der Waals surface area contributed by atoms with Crippen molar-refractivity contribution in [3.05, 3.63) is 35.9 Å². The van der Waals surface area contributed by atoms with Crippen molar-refractivity contribution < 1.29 is 39.5 Å². The lowest BCUT2D eigenvalue weighted by Gasteiger charge is -2.30. The second-order valence-electron chi connectivity index (χ2n) is 7.47. The van der Waals surface area contributed by atoms with Crippen LogP contribution in [0.4, 0.5) is 0 Å². The highest BCUT2D eigenvalue weighted by atomic mass is 32.2. The maximum Gasteiger partial charge on any atom is 0.328 e. The Morgan fingerprint density at radius 3 is 2.32 bits per heavy atom. The molecule has 0 fully saturated rings. The summed E-state index contributed by atoms with van der Waals surface area (Å²) in [6, 6.07) is 6.95. The molecule has 1 aromatic carbocycles. The molecule has 0 spiro atoms. The third-order valence-electron chi connectivity index (χ3n) is 5.02. The molecule has 1 rings (SSSR count). The van der Waals surface area contributed by atoms with Crippen molar-refractivity contribution in [3.8, 4) is 0 Å². The Hall–Kier alpha value is -2.22. The first-order valence-electron chi connectivity index (χ1n) is 11.1. The van der Waals surface area contributed by atoms with Crippen LogP contribution in [0.25, 0.3) is 0 Å².